The maximum Gasteiger partial charge on any atom is 0.126 e. The first-order valence-electron chi connectivity index (χ1n) is 6.91. The van der Waals surface area contributed by atoms with E-state index in [1.807, 2.05) is 24.3 Å². The van der Waals surface area contributed by atoms with Gasteiger partial charge in [-0.1, -0.05) is 23.7 Å². The average molecular weight is 308 g/mol. The Bertz CT molecular complexity index is 586. The number of ether oxygens (including phenoxy) is 1. The number of benzene rings is 2. The highest BCUT2D eigenvalue weighted by molar-refractivity contribution is 6.30. The lowest BCUT2D eigenvalue weighted by Gasteiger charge is -2.13. The van der Waals surface area contributed by atoms with Gasteiger partial charge in [-0.15, -0.1) is 0 Å². The number of aryl methyl sites for hydroxylation is 1. The number of hydrogen-bond donors (Lipinski definition) is 1. The second-order valence-corrected chi connectivity index (χ2v) is 5.52. The van der Waals surface area contributed by atoms with Crippen LogP contribution in [0.15, 0.2) is 42.5 Å². The first-order chi connectivity index (χ1) is 10.1. The summed E-state index contributed by atoms with van der Waals surface area (Å²) in [6, 6.07) is 12.4. The lowest BCUT2D eigenvalue weighted by Crippen LogP contribution is -2.24. The molecule has 2 nitrogen and oxygen atoms in total. The summed E-state index contributed by atoms with van der Waals surface area (Å²) in [5.74, 6) is 0.586. The predicted molar refractivity (Wildman–Crippen MR) is 84.4 cm³/mol. The van der Waals surface area contributed by atoms with E-state index in [1.54, 1.807) is 19.2 Å². The summed E-state index contributed by atoms with van der Waals surface area (Å²) in [4.78, 5) is 0. The van der Waals surface area contributed by atoms with E-state index in [4.69, 9.17) is 22.1 Å². The molecule has 0 aliphatic carbocycles. The molecule has 0 fully saturated rings. The molecule has 0 aromatic heterocycles. The third-order valence-corrected chi connectivity index (χ3v) is 3.69. The van der Waals surface area contributed by atoms with Gasteiger partial charge in [-0.25, -0.2) is 4.39 Å². The summed E-state index contributed by atoms with van der Waals surface area (Å²) in [6.45, 7) is 0. The van der Waals surface area contributed by atoms with Crippen LogP contribution >= 0.6 is 11.6 Å². The molecule has 0 saturated carbocycles. The minimum atomic E-state index is -0.251. The summed E-state index contributed by atoms with van der Waals surface area (Å²) in [6.07, 6.45) is 2.13. The molecule has 4 heteroatoms. The first kappa shape index (κ1) is 15.8. The van der Waals surface area contributed by atoms with Gasteiger partial charge in [0.25, 0.3) is 0 Å². The summed E-state index contributed by atoms with van der Waals surface area (Å²) in [7, 11) is 1.64. The van der Waals surface area contributed by atoms with Crippen LogP contribution in [-0.2, 0) is 12.8 Å². The third kappa shape index (κ3) is 4.73. The molecule has 0 saturated heterocycles. The van der Waals surface area contributed by atoms with E-state index < -0.39 is 0 Å². The minimum Gasteiger partial charge on any atom is -0.497 e. The molecule has 0 radical (unpaired) electrons. The standard InChI is InChI=1S/C17H19ClFNO/c1-21-16-7-3-12(4-8-16)2-6-15(20)11-13-10-14(18)5-9-17(13)19/h3-5,7-10,15H,2,6,11,20H2,1H3. The van der Waals surface area contributed by atoms with Crippen molar-refractivity contribution in [2.24, 2.45) is 5.73 Å². The van der Waals surface area contributed by atoms with Crippen LogP contribution in [0.2, 0.25) is 5.02 Å². The van der Waals surface area contributed by atoms with Gasteiger partial charge in [0.1, 0.15) is 11.6 Å². The van der Waals surface area contributed by atoms with Crippen LogP contribution < -0.4 is 10.5 Å². The Kier molecular flexibility index (Phi) is 5.59. The Balaban J connectivity index is 1.89. The monoisotopic (exact) mass is 307 g/mol. The van der Waals surface area contributed by atoms with E-state index in [2.05, 4.69) is 0 Å². The van der Waals surface area contributed by atoms with Crippen LogP contribution in [-0.4, -0.2) is 13.2 Å². The normalized spacial score (nSPS) is 12.2. The Hall–Kier alpha value is -1.58. The average Bonchev–Trinajstić information content (AvgIpc) is 2.49. The molecule has 1 atom stereocenters. The molecule has 0 heterocycles. The highest BCUT2D eigenvalue weighted by Crippen LogP contribution is 2.18. The number of halogens is 2. The van der Waals surface area contributed by atoms with Crippen molar-refractivity contribution in [3.05, 3.63) is 64.4 Å². The van der Waals surface area contributed by atoms with Crippen LogP contribution in [0.3, 0.4) is 0 Å². The van der Waals surface area contributed by atoms with Crippen molar-refractivity contribution < 1.29 is 9.13 Å². The molecule has 21 heavy (non-hydrogen) atoms. The SMILES string of the molecule is COc1ccc(CCC(N)Cc2cc(Cl)ccc2F)cc1. The van der Waals surface area contributed by atoms with Crippen molar-refractivity contribution in [2.75, 3.05) is 7.11 Å². The van der Waals surface area contributed by atoms with Crippen molar-refractivity contribution in [1.82, 2.24) is 0 Å². The van der Waals surface area contributed by atoms with Crippen molar-refractivity contribution in [1.29, 1.82) is 0 Å². The number of rotatable bonds is 6. The van der Waals surface area contributed by atoms with Gasteiger partial charge < -0.3 is 10.5 Å². The van der Waals surface area contributed by atoms with E-state index in [9.17, 15) is 4.39 Å². The second kappa shape index (κ2) is 7.43. The van der Waals surface area contributed by atoms with Gasteiger partial charge >= 0.3 is 0 Å². The first-order valence-corrected chi connectivity index (χ1v) is 7.28. The van der Waals surface area contributed by atoms with Crippen molar-refractivity contribution in [3.8, 4) is 5.75 Å². The molecule has 0 aliphatic rings. The fourth-order valence-electron chi connectivity index (χ4n) is 2.23. The summed E-state index contributed by atoms with van der Waals surface area (Å²) in [5.41, 5.74) is 7.86. The predicted octanol–water partition coefficient (Wildman–Crippen LogP) is 3.99. The molecule has 2 aromatic carbocycles. The molecule has 1 unspecified atom stereocenters. The number of hydrogen-bond acceptors (Lipinski definition) is 2. The number of nitrogens with two attached hydrogens (primary N) is 1. The molecular formula is C17H19ClFNO. The topological polar surface area (TPSA) is 35.2 Å². The van der Waals surface area contributed by atoms with Gasteiger partial charge in [0.05, 0.1) is 7.11 Å². The Morgan fingerprint density at radius 2 is 1.90 bits per heavy atom. The molecule has 0 amide bonds. The Labute approximate surface area is 129 Å². The highest BCUT2D eigenvalue weighted by Gasteiger charge is 2.09. The Morgan fingerprint density at radius 1 is 1.19 bits per heavy atom. The molecule has 0 spiro atoms. The molecular weight excluding hydrogens is 289 g/mol. The maximum absolute atomic E-state index is 13.6. The zero-order valence-corrected chi connectivity index (χ0v) is 12.7. The van der Waals surface area contributed by atoms with E-state index in [-0.39, 0.29) is 11.9 Å². The summed E-state index contributed by atoms with van der Waals surface area (Å²) >= 11 is 5.88. The fraction of sp³-hybridized carbons (Fsp3) is 0.294. The molecule has 112 valence electrons. The third-order valence-electron chi connectivity index (χ3n) is 3.45. The zero-order chi connectivity index (χ0) is 15.2. The smallest absolute Gasteiger partial charge is 0.126 e. The van der Waals surface area contributed by atoms with E-state index in [0.29, 0.717) is 17.0 Å². The summed E-state index contributed by atoms with van der Waals surface area (Å²) < 4.78 is 18.8. The van der Waals surface area contributed by atoms with Gasteiger partial charge in [0.15, 0.2) is 0 Å². The molecule has 2 aromatic rings. The molecule has 0 aliphatic heterocycles. The maximum atomic E-state index is 13.6. The van der Waals surface area contributed by atoms with E-state index >= 15 is 0 Å². The van der Waals surface area contributed by atoms with Crippen molar-refractivity contribution >= 4 is 11.6 Å². The van der Waals surface area contributed by atoms with Crippen molar-refractivity contribution in [2.45, 2.75) is 25.3 Å². The minimum absolute atomic E-state index is 0.0972. The van der Waals surface area contributed by atoms with Crippen LogP contribution in [0.25, 0.3) is 0 Å². The van der Waals surface area contributed by atoms with Gasteiger partial charge in [0, 0.05) is 11.1 Å². The van der Waals surface area contributed by atoms with Crippen LogP contribution in [0, 0.1) is 5.82 Å². The highest BCUT2D eigenvalue weighted by atomic mass is 35.5. The quantitative estimate of drug-likeness (QED) is 0.876. The van der Waals surface area contributed by atoms with Gasteiger partial charge in [-0.2, -0.15) is 0 Å². The van der Waals surface area contributed by atoms with Crippen molar-refractivity contribution in [3.63, 3.8) is 0 Å². The molecule has 2 N–H and O–H groups in total. The zero-order valence-electron chi connectivity index (χ0n) is 12.0. The van der Waals surface area contributed by atoms with Gasteiger partial charge in [-0.3, -0.25) is 0 Å². The largest absolute Gasteiger partial charge is 0.497 e. The fourth-order valence-corrected chi connectivity index (χ4v) is 2.42. The summed E-state index contributed by atoms with van der Waals surface area (Å²) in [5, 5.41) is 0.536. The van der Waals surface area contributed by atoms with E-state index in [1.165, 1.54) is 11.6 Å². The Morgan fingerprint density at radius 3 is 2.57 bits per heavy atom. The number of methoxy groups -OCH3 is 1. The van der Waals surface area contributed by atoms with Gasteiger partial charge in [0.2, 0.25) is 0 Å². The van der Waals surface area contributed by atoms with Gasteiger partial charge in [-0.05, 0) is 60.7 Å². The van der Waals surface area contributed by atoms with Crippen LogP contribution in [0.4, 0.5) is 4.39 Å². The lowest BCUT2D eigenvalue weighted by atomic mass is 9.99. The van der Waals surface area contributed by atoms with Crippen LogP contribution in [0.1, 0.15) is 17.5 Å². The van der Waals surface area contributed by atoms with E-state index in [0.717, 1.165) is 18.6 Å². The molecule has 2 rings (SSSR count). The second-order valence-electron chi connectivity index (χ2n) is 5.09. The lowest BCUT2D eigenvalue weighted by molar-refractivity contribution is 0.414. The van der Waals surface area contributed by atoms with Crippen LogP contribution in [0.5, 0.6) is 5.75 Å². The molecule has 0 bridgehead atoms.